The highest BCUT2D eigenvalue weighted by Crippen LogP contribution is 2.39. The van der Waals surface area contributed by atoms with E-state index < -0.39 is 0 Å². The largest absolute Gasteiger partial charge is 0.345 e. The van der Waals surface area contributed by atoms with Crippen LogP contribution in [-0.2, 0) is 0 Å². The van der Waals surface area contributed by atoms with Gasteiger partial charge in [-0.2, -0.15) is 0 Å². The second-order valence-electron chi connectivity index (χ2n) is 5.31. The van der Waals surface area contributed by atoms with Crippen LogP contribution in [0.5, 0.6) is 0 Å². The lowest BCUT2D eigenvalue weighted by Crippen LogP contribution is -2.53. The lowest BCUT2D eigenvalue weighted by Gasteiger charge is -2.29. The molecule has 1 aliphatic carbocycles. The van der Waals surface area contributed by atoms with Crippen molar-refractivity contribution in [2.45, 2.75) is 32.2 Å². The van der Waals surface area contributed by atoms with Crippen molar-refractivity contribution in [3.05, 3.63) is 33.8 Å². The Labute approximate surface area is 116 Å². The van der Waals surface area contributed by atoms with Crippen molar-refractivity contribution in [1.82, 2.24) is 5.32 Å². The molecule has 1 atom stereocenters. The third-order valence-electron chi connectivity index (χ3n) is 3.73. The van der Waals surface area contributed by atoms with Crippen LogP contribution >= 0.6 is 15.9 Å². The van der Waals surface area contributed by atoms with E-state index in [-0.39, 0.29) is 11.4 Å². The molecule has 0 saturated heterocycles. The summed E-state index contributed by atoms with van der Waals surface area (Å²) in [6, 6.07) is 5.68. The number of rotatable bonds is 4. The van der Waals surface area contributed by atoms with Crippen molar-refractivity contribution < 1.29 is 4.79 Å². The second kappa shape index (κ2) is 5.02. The van der Waals surface area contributed by atoms with Crippen molar-refractivity contribution in [1.29, 1.82) is 0 Å². The fourth-order valence-electron chi connectivity index (χ4n) is 2.25. The molecular formula is C14H19BrN2O. The van der Waals surface area contributed by atoms with E-state index in [0.717, 1.165) is 28.4 Å². The Bertz CT molecular complexity index is 471. The number of hydrogen-bond acceptors (Lipinski definition) is 2. The number of amides is 1. The Kier molecular flexibility index (Phi) is 3.78. The molecule has 1 fully saturated rings. The summed E-state index contributed by atoms with van der Waals surface area (Å²) in [4.78, 5) is 12.3. The van der Waals surface area contributed by atoms with Gasteiger partial charge in [0.2, 0.25) is 0 Å². The van der Waals surface area contributed by atoms with E-state index in [1.54, 1.807) is 0 Å². The highest BCUT2D eigenvalue weighted by Gasteiger charge is 2.41. The minimum atomic E-state index is -0.267. The number of hydrogen-bond donors (Lipinski definition) is 2. The van der Waals surface area contributed by atoms with Gasteiger partial charge in [0.1, 0.15) is 0 Å². The molecule has 0 spiro atoms. The lowest BCUT2D eigenvalue weighted by molar-refractivity contribution is 0.0897. The Morgan fingerprint density at radius 2 is 2.22 bits per heavy atom. The predicted octanol–water partition coefficient (Wildman–Crippen LogP) is 2.61. The molecule has 18 heavy (non-hydrogen) atoms. The standard InChI is InChI=1S/C14H19BrN2O/c1-9-7-11(15)5-6-12(9)13(18)17-14(2,8-16)10-3-4-10/h5-7,10H,3-4,8,16H2,1-2H3,(H,17,18). The van der Waals surface area contributed by atoms with Crippen LogP contribution in [0.4, 0.5) is 0 Å². The molecule has 3 N–H and O–H groups in total. The summed E-state index contributed by atoms with van der Waals surface area (Å²) in [5.74, 6) is 0.502. The molecular weight excluding hydrogens is 292 g/mol. The number of nitrogens with two attached hydrogens (primary N) is 1. The van der Waals surface area contributed by atoms with Crippen molar-refractivity contribution in [3.8, 4) is 0 Å². The van der Waals surface area contributed by atoms with Gasteiger partial charge in [-0.25, -0.2) is 0 Å². The molecule has 0 bridgehead atoms. The average molecular weight is 311 g/mol. The Morgan fingerprint density at radius 3 is 2.72 bits per heavy atom. The first-order valence-corrected chi connectivity index (χ1v) is 7.04. The Hall–Kier alpha value is -0.870. The SMILES string of the molecule is Cc1cc(Br)ccc1C(=O)NC(C)(CN)C1CC1. The number of carbonyl (C=O) groups excluding carboxylic acids is 1. The first kappa shape index (κ1) is 13.6. The number of nitrogens with one attached hydrogen (secondary N) is 1. The van der Waals surface area contributed by atoms with Crippen LogP contribution in [0.15, 0.2) is 22.7 Å². The second-order valence-corrected chi connectivity index (χ2v) is 6.22. The molecule has 0 aromatic heterocycles. The summed E-state index contributed by atoms with van der Waals surface area (Å²) in [7, 11) is 0. The quantitative estimate of drug-likeness (QED) is 0.898. The molecule has 1 aromatic rings. The summed E-state index contributed by atoms with van der Waals surface area (Å²) in [5, 5.41) is 3.10. The van der Waals surface area contributed by atoms with Crippen LogP contribution in [0.1, 0.15) is 35.7 Å². The summed E-state index contributed by atoms with van der Waals surface area (Å²) in [6.45, 7) is 4.46. The van der Waals surface area contributed by atoms with E-state index in [4.69, 9.17) is 5.73 Å². The molecule has 1 unspecified atom stereocenters. The highest BCUT2D eigenvalue weighted by molar-refractivity contribution is 9.10. The summed E-state index contributed by atoms with van der Waals surface area (Å²) in [6.07, 6.45) is 2.32. The van der Waals surface area contributed by atoms with Crippen LogP contribution in [0, 0.1) is 12.8 Å². The van der Waals surface area contributed by atoms with Gasteiger partial charge in [0.15, 0.2) is 0 Å². The number of aryl methyl sites for hydroxylation is 1. The molecule has 1 aromatic carbocycles. The van der Waals surface area contributed by atoms with E-state index in [9.17, 15) is 4.79 Å². The van der Waals surface area contributed by atoms with Gasteiger partial charge >= 0.3 is 0 Å². The molecule has 1 aliphatic rings. The third kappa shape index (κ3) is 2.75. The topological polar surface area (TPSA) is 55.1 Å². The summed E-state index contributed by atoms with van der Waals surface area (Å²) < 4.78 is 0.986. The average Bonchev–Trinajstić information content (AvgIpc) is 3.12. The van der Waals surface area contributed by atoms with Gasteiger partial charge in [-0.3, -0.25) is 4.79 Å². The van der Waals surface area contributed by atoms with Gasteiger partial charge in [0.25, 0.3) is 5.91 Å². The van der Waals surface area contributed by atoms with E-state index in [2.05, 4.69) is 21.2 Å². The Morgan fingerprint density at radius 1 is 1.56 bits per heavy atom. The van der Waals surface area contributed by atoms with Crippen LogP contribution in [0.25, 0.3) is 0 Å². The molecule has 4 heteroatoms. The molecule has 3 nitrogen and oxygen atoms in total. The number of carbonyl (C=O) groups is 1. The van der Waals surface area contributed by atoms with Gasteiger partial charge in [0, 0.05) is 16.6 Å². The molecule has 0 heterocycles. The maximum absolute atomic E-state index is 12.3. The monoisotopic (exact) mass is 310 g/mol. The summed E-state index contributed by atoms with van der Waals surface area (Å²) in [5.41, 5.74) is 7.24. The van der Waals surface area contributed by atoms with Gasteiger partial charge in [-0.05, 0) is 56.4 Å². The van der Waals surface area contributed by atoms with Crippen molar-refractivity contribution in [2.24, 2.45) is 11.7 Å². The zero-order valence-electron chi connectivity index (χ0n) is 10.8. The molecule has 1 saturated carbocycles. The maximum atomic E-state index is 12.3. The molecule has 0 aliphatic heterocycles. The van der Waals surface area contributed by atoms with E-state index in [1.807, 2.05) is 32.0 Å². The molecule has 0 radical (unpaired) electrons. The molecule has 98 valence electrons. The zero-order valence-corrected chi connectivity index (χ0v) is 12.4. The van der Waals surface area contributed by atoms with Crippen molar-refractivity contribution in [2.75, 3.05) is 6.54 Å². The van der Waals surface area contributed by atoms with Gasteiger partial charge in [-0.1, -0.05) is 15.9 Å². The van der Waals surface area contributed by atoms with Crippen LogP contribution < -0.4 is 11.1 Å². The maximum Gasteiger partial charge on any atom is 0.252 e. The number of halogens is 1. The minimum absolute atomic E-state index is 0.0279. The molecule has 1 amide bonds. The Balaban J connectivity index is 2.16. The zero-order chi connectivity index (χ0) is 13.3. The minimum Gasteiger partial charge on any atom is -0.345 e. The normalized spacial score (nSPS) is 18.2. The fraction of sp³-hybridized carbons (Fsp3) is 0.500. The first-order valence-electron chi connectivity index (χ1n) is 6.25. The molecule has 2 rings (SSSR count). The number of benzene rings is 1. The van der Waals surface area contributed by atoms with Crippen molar-refractivity contribution >= 4 is 21.8 Å². The smallest absolute Gasteiger partial charge is 0.252 e. The highest BCUT2D eigenvalue weighted by atomic mass is 79.9. The summed E-state index contributed by atoms with van der Waals surface area (Å²) >= 11 is 3.40. The van der Waals surface area contributed by atoms with E-state index >= 15 is 0 Å². The van der Waals surface area contributed by atoms with Gasteiger partial charge < -0.3 is 11.1 Å². The van der Waals surface area contributed by atoms with Gasteiger partial charge in [-0.15, -0.1) is 0 Å². The lowest BCUT2D eigenvalue weighted by atomic mass is 9.95. The third-order valence-corrected chi connectivity index (χ3v) is 4.23. The fourth-order valence-corrected chi connectivity index (χ4v) is 2.72. The van der Waals surface area contributed by atoms with E-state index in [0.29, 0.717) is 12.5 Å². The van der Waals surface area contributed by atoms with Crippen LogP contribution in [0.2, 0.25) is 0 Å². The van der Waals surface area contributed by atoms with E-state index in [1.165, 1.54) is 0 Å². The first-order chi connectivity index (χ1) is 8.46. The van der Waals surface area contributed by atoms with Crippen molar-refractivity contribution in [3.63, 3.8) is 0 Å². The van der Waals surface area contributed by atoms with Gasteiger partial charge in [0.05, 0.1) is 5.54 Å². The predicted molar refractivity (Wildman–Crippen MR) is 76.5 cm³/mol. The van der Waals surface area contributed by atoms with Crippen LogP contribution in [-0.4, -0.2) is 18.0 Å². The van der Waals surface area contributed by atoms with Crippen LogP contribution in [0.3, 0.4) is 0 Å².